The minimum Gasteiger partial charge on any atom is -0.494 e. The fraction of sp³-hybridized carbons (Fsp3) is 0.350. The van der Waals surface area contributed by atoms with Crippen LogP contribution < -0.4 is 0 Å². The molecule has 1 aromatic carbocycles. The molecule has 25 heavy (non-hydrogen) atoms. The molecule has 0 spiro atoms. The van der Waals surface area contributed by atoms with Gasteiger partial charge in [0.05, 0.1) is 25.3 Å². The topological polar surface area (TPSA) is 40.0 Å². The first-order valence-electron chi connectivity index (χ1n) is 8.25. The minimum absolute atomic E-state index is 0.120. The standard InChI is InChI=1S/C20H23NO3S/c1-22-17-11-14(12-18(23-2)19(17)24-3)9-10-16-13-25-20(21-16)15-7-5-4-6-8-15/h4-11,16,18H,12-13H2,1-3H3/b10-9+. The van der Waals surface area contributed by atoms with Gasteiger partial charge in [0.25, 0.3) is 0 Å². The van der Waals surface area contributed by atoms with E-state index in [4.69, 9.17) is 19.2 Å². The fourth-order valence-corrected chi connectivity index (χ4v) is 3.95. The summed E-state index contributed by atoms with van der Waals surface area (Å²) in [5.74, 6) is 2.43. The van der Waals surface area contributed by atoms with Crippen LogP contribution in [-0.2, 0) is 14.2 Å². The molecule has 0 amide bonds. The van der Waals surface area contributed by atoms with E-state index < -0.39 is 0 Å². The predicted molar refractivity (Wildman–Crippen MR) is 103 cm³/mol. The number of hydrogen-bond donors (Lipinski definition) is 0. The Labute approximate surface area is 153 Å². The molecule has 132 valence electrons. The van der Waals surface area contributed by atoms with Gasteiger partial charge in [-0.15, -0.1) is 11.8 Å². The zero-order valence-electron chi connectivity index (χ0n) is 14.8. The van der Waals surface area contributed by atoms with Gasteiger partial charge in [0.15, 0.2) is 11.5 Å². The first-order valence-corrected chi connectivity index (χ1v) is 9.23. The molecule has 5 heteroatoms. The van der Waals surface area contributed by atoms with Gasteiger partial charge in [-0.3, -0.25) is 4.99 Å². The molecule has 1 heterocycles. The summed E-state index contributed by atoms with van der Waals surface area (Å²) in [4.78, 5) is 4.82. The SMILES string of the molecule is COC1=C(OC)C(OC)CC(/C=C/C2CSC(c3ccccc3)=N2)=C1. The van der Waals surface area contributed by atoms with Crippen LogP contribution in [0.3, 0.4) is 0 Å². The highest BCUT2D eigenvalue weighted by atomic mass is 32.2. The lowest BCUT2D eigenvalue weighted by Crippen LogP contribution is -2.21. The molecule has 1 aromatic rings. The van der Waals surface area contributed by atoms with E-state index in [-0.39, 0.29) is 12.1 Å². The van der Waals surface area contributed by atoms with E-state index in [1.54, 1.807) is 33.1 Å². The van der Waals surface area contributed by atoms with Crippen LogP contribution in [0.1, 0.15) is 12.0 Å². The molecule has 0 saturated heterocycles. The van der Waals surface area contributed by atoms with Crippen molar-refractivity contribution in [1.29, 1.82) is 0 Å². The van der Waals surface area contributed by atoms with E-state index >= 15 is 0 Å². The Balaban J connectivity index is 1.73. The summed E-state index contributed by atoms with van der Waals surface area (Å²) in [5, 5.41) is 1.11. The van der Waals surface area contributed by atoms with E-state index in [0.717, 1.165) is 34.3 Å². The number of nitrogens with zero attached hydrogens (tertiary/aromatic N) is 1. The van der Waals surface area contributed by atoms with Crippen LogP contribution in [0.2, 0.25) is 0 Å². The fourth-order valence-electron chi connectivity index (χ4n) is 2.92. The van der Waals surface area contributed by atoms with Crippen molar-refractivity contribution in [2.45, 2.75) is 18.6 Å². The molecular weight excluding hydrogens is 334 g/mol. The quantitative estimate of drug-likeness (QED) is 0.773. The molecular formula is C20H23NO3S. The summed E-state index contributed by atoms with van der Waals surface area (Å²) in [6.07, 6.45) is 6.94. The molecule has 0 bridgehead atoms. The molecule has 0 aromatic heterocycles. The lowest BCUT2D eigenvalue weighted by atomic mass is 9.98. The van der Waals surface area contributed by atoms with Gasteiger partial charge in [0, 0.05) is 24.8 Å². The Hall–Kier alpha value is -1.98. The average Bonchev–Trinajstić information content (AvgIpc) is 3.15. The summed E-state index contributed by atoms with van der Waals surface area (Å²) >= 11 is 1.80. The van der Waals surface area contributed by atoms with Gasteiger partial charge >= 0.3 is 0 Å². The largest absolute Gasteiger partial charge is 0.494 e. The van der Waals surface area contributed by atoms with Crippen LogP contribution in [0.25, 0.3) is 0 Å². The van der Waals surface area contributed by atoms with Crippen molar-refractivity contribution in [2.24, 2.45) is 4.99 Å². The van der Waals surface area contributed by atoms with Gasteiger partial charge < -0.3 is 14.2 Å². The van der Waals surface area contributed by atoms with Crippen molar-refractivity contribution in [3.05, 3.63) is 71.2 Å². The molecule has 0 fully saturated rings. The lowest BCUT2D eigenvalue weighted by Gasteiger charge is -2.24. The van der Waals surface area contributed by atoms with Crippen LogP contribution >= 0.6 is 11.8 Å². The van der Waals surface area contributed by atoms with Crippen molar-refractivity contribution in [3.63, 3.8) is 0 Å². The molecule has 1 aliphatic heterocycles. The van der Waals surface area contributed by atoms with Crippen molar-refractivity contribution < 1.29 is 14.2 Å². The maximum Gasteiger partial charge on any atom is 0.166 e. The van der Waals surface area contributed by atoms with Crippen molar-refractivity contribution >= 4 is 16.8 Å². The van der Waals surface area contributed by atoms with Gasteiger partial charge in [-0.05, 0) is 11.6 Å². The molecule has 0 radical (unpaired) electrons. The second-order valence-corrected chi connectivity index (χ2v) is 6.83. The summed E-state index contributed by atoms with van der Waals surface area (Å²) in [6.45, 7) is 0. The molecule has 0 N–H and O–H groups in total. The van der Waals surface area contributed by atoms with E-state index in [1.807, 2.05) is 24.3 Å². The van der Waals surface area contributed by atoms with Crippen molar-refractivity contribution in [3.8, 4) is 0 Å². The molecule has 2 aliphatic rings. The minimum atomic E-state index is -0.120. The van der Waals surface area contributed by atoms with Crippen LogP contribution in [0.5, 0.6) is 0 Å². The van der Waals surface area contributed by atoms with Gasteiger partial charge in [0.1, 0.15) is 6.10 Å². The van der Waals surface area contributed by atoms with Gasteiger partial charge in [-0.2, -0.15) is 0 Å². The molecule has 3 rings (SSSR count). The zero-order valence-corrected chi connectivity index (χ0v) is 15.6. The Morgan fingerprint density at radius 2 is 1.92 bits per heavy atom. The third-order valence-corrected chi connectivity index (χ3v) is 5.35. The third-order valence-electron chi connectivity index (χ3n) is 4.22. The van der Waals surface area contributed by atoms with Crippen LogP contribution in [0, 0.1) is 0 Å². The molecule has 2 atom stereocenters. The number of rotatable bonds is 6. The Bertz CT molecular complexity index is 722. The van der Waals surface area contributed by atoms with E-state index in [2.05, 4.69) is 24.3 Å². The van der Waals surface area contributed by atoms with E-state index in [0.29, 0.717) is 0 Å². The number of aliphatic imine (C=N–C) groups is 1. The van der Waals surface area contributed by atoms with Gasteiger partial charge in [-0.25, -0.2) is 0 Å². The van der Waals surface area contributed by atoms with E-state index in [9.17, 15) is 0 Å². The van der Waals surface area contributed by atoms with Crippen molar-refractivity contribution in [2.75, 3.05) is 27.1 Å². The number of methoxy groups -OCH3 is 3. The van der Waals surface area contributed by atoms with Crippen LogP contribution in [0.15, 0.2) is 70.6 Å². The number of thioether (sulfide) groups is 1. The Kier molecular flexibility index (Phi) is 6.00. The number of allylic oxidation sites excluding steroid dienone is 2. The van der Waals surface area contributed by atoms with Gasteiger partial charge in [-0.1, -0.05) is 42.5 Å². The predicted octanol–water partition coefficient (Wildman–Crippen LogP) is 3.95. The number of hydrogen-bond acceptors (Lipinski definition) is 5. The van der Waals surface area contributed by atoms with Gasteiger partial charge in [0.2, 0.25) is 0 Å². The average molecular weight is 357 g/mol. The first kappa shape index (κ1) is 17.8. The lowest BCUT2D eigenvalue weighted by molar-refractivity contribution is 0.0659. The molecule has 0 saturated carbocycles. The van der Waals surface area contributed by atoms with Crippen molar-refractivity contribution in [1.82, 2.24) is 0 Å². The monoisotopic (exact) mass is 357 g/mol. The van der Waals surface area contributed by atoms with Crippen LogP contribution in [0.4, 0.5) is 0 Å². The highest BCUT2D eigenvalue weighted by molar-refractivity contribution is 8.14. The summed E-state index contributed by atoms with van der Waals surface area (Å²) in [5.41, 5.74) is 2.34. The van der Waals surface area contributed by atoms with Crippen LogP contribution in [-0.4, -0.2) is 44.3 Å². The molecule has 2 unspecified atom stereocenters. The smallest absolute Gasteiger partial charge is 0.166 e. The first-order chi connectivity index (χ1) is 12.2. The second kappa shape index (κ2) is 8.41. The maximum absolute atomic E-state index is 5.53. The third kappa shape index (κ3) is 4.17. The zero-order chi connectivity index (χ0) is 17.6. The summed E-state index contributed by atoms with van der Waals surface area (Å²) in [7, 11) is 4.98. The number of ether oxygens (including phenoxy) is 3. The normalized spacial score (nSPS) is 23.6. The summed E-state index contributed by atoms with van der Waals surface area (Å²) in [6, 6.07) is 10.5. The molecule has 1 aliphatic carbocycles. The maximum atomic E-state index is 5.53. The van der Waals surface area contributed by atoms with E-state index in [1.165, 1.54) is 5.56 Å². The highest BCUT2D eigenvalue weighted by Gasteiger charge is 2.25. The number of benzene rings is 1. The summed E-state index contributed by atoms with van der Waals surface area (Å²) < 4.78 is 16.4. The highest BCUT2D eigenvalue weighted by Crippen LogP contribution is 2.29. The molecule has 4 nitrogen and oxygen atoms in total. The second-order valence-electron chi connectivity index (χ2n) is 5.82. The Morgan fingerprint density at radius 1 is 1.12 bits per heavy atom. The Morgan fingerprint density at radius 3 is 2.60 bits per heavy atom.